The van der Waals surface area contributed by atoms with Gasteiger partial charge in [-0.25, -0.2) is 0 Å². The molecule has 0 atom stereocenters. The smallest absolute Gasteiger partial charge is 0.261 e. The topological polar surface area (TPSA) is 59.0 Å². The van der Waals surface area contributed by atoms with E-state index in [4.69, 9.17) is 0 Å². The van der Waals surface area contributed by atoms with Gasteiger partial charge in [-0.3, -0.25) is 14.5 Å². The number of fused-ring (bicyclic) bond motifs is 1. The molecule has 0 saturated heterocycles. The van der Waals surface area contributed by atoms with E-state index >= 15 is 0 Å². The predicted molar refractivity (Wildman–Crippen MR) is 66.5 cm³/mol. The lowest BCUT2D eigenvalue weighted by Crippen LogP contribution is -2.31. The second-order valence-electron chi connectivity index (χ2n) is 4.07. The van der Waals surface area contributed by atoms with Crippen LogP contribution in [0.1, 0.15) is 34.1 Å². The number of hydrogen-bond acceptors (Lipinski definition) is 4. The quantitative estimate of drug-likeness (QED) is 0.461. The first-order valence-corrected chi connectivity index (χ1v) is 5.67. The Labute approximate surface area is 105 Å². The summed E-state index contributed by atoms with van der Waals surface area (Å²) >= 11 is 0. The highest BCUT2D eigenvalue weighted by molar-refractivity contribution is 6.21. The van der Waals surface area contributed by atoms with Crippen molar-refractivity contribution < 1.29 is 14.4 Å². The Kier molecular flexibility index (Phi) is 3.41. The number of imide groups is 1. The van der Waals surface area contributed by atoms with Crippen molar-refractivity contribution in [2.24, 2.45) is 5.16 Å². The van der Waals surface area contributed by atoms with E-state index in [1.807, 2.05) is 0 Å². The summed E-state index contributed by atoms with van der Waals surface area (Å²) in [4.78, 5) is 29.9. The minimum Gasteiger partial charge on any atom is -0.399 e. The SMILES string of the molecule is CO/N=C(/C)CCN1C(=O)c2ccccc2C1=O. The molecule has 0 aromatic heterocycles. The number of oxime groups is 1. The van der Waals surface area contributed by atoms with Crippen molar-refractivity contribution >= 4 is 17.5 Å². The molecule has 0 spiro atoms. The lowest BCUT2D eigenvalue weighted by atomic mass is 10.1. The molecule has 5 nitrogen and oxygen atoms in total. The van der Waals surface area contributed by atoms with Crippen molar-refractivity contribution in [1.82, 2.24) is 4.90 Å². The predicted octanol–water partition coefficient (Wildman–Crippen LogP) is 1.70. The lowest BCUT2D eigenvalue weighted by Gasteiger charge is -2.12. The number of nitrogens with zero attached hydrogens (tertiary/aromatic N) is 2. The van der Waals surface area contributed by atoms with Crippen LogP contribution in [0.2, 0.25) is 0 Å². The van der Waals surface area contributed by atoms with Crippen molar-refractivity contribution in [2.45, 2.75) is 13.3 Å². The van der Waals surface area contributed by atoms with Crippen molar-refractivity contribution in [2.75, 3.05) is 13.7 Å². The molecule has 0 bridgehead atoms. The molecular weight excluding hydrogens is 232 g/mol. The van der Waals surface area contributed by atoms with Crippen LogP contribution in [0.5, 0.6) is 0 Å². The highest BCUT2D eigenvalue weighted by Gasteiger charge is 2.34. The molecule has 0 aliphatic carbocycles. The van der Waals surface area contributed by atoms with Gasteiger partial charge in [-0.15, -0.1) is 0 Å². The highest BCUT2D eigenvalue weighted by atomic mass is 16.6. The second-order valence-corrected chi connectivity index (χ2v) is 4.07. The Morgan fingerprint density at radius 3 is 2.28 bits per heavy atom. The van der Waals surface area contributed by atoms with Gasteiger partial charge in [-0.05, 0) is 19.1 Å². The second kappa shape index (κ2) is 5.00. The van der Waals surface area contributed by atoms with Gasteiger partial charge >= 0.3 is 0 Å². The molecule has 0 radical (unpaired) electrons. The third kappa shape index (κ3) is 2.11. The maximum Gasteiger partial charge on any atom is 0.261 e. The Morgan fingerprint density at radius 2 is 1.78 bits per heavy atom. The fourth-order valence-corrected chi connectivity index (χ4v) is 1.92. The van der Waals surface area contributed by atoms with Gasteiger partial charge in [0.1, 0.15) is 7.11 Å². The van der Waals surface area contributed by atoms with E-state index in [-0.39, 0.29) is 11.8 Å². The van der Waals surface area contributed by atoms with E-state index in [9.17, 15) is 9.59 Å². The standard InChI is InChI=1S/C13H14N2O3/c1-9(14-18-2)7-8-15-12(16)10-5-3-4-6-11(10)13(15)17/h3-6H,7-8H2,1-2H3/b14-9-. The first-order chi connectivity index (χ1) is 8.65. The van der Waals surface area contributed by atoms with Crippen LogP contribution < -0.4 is 0 Å². The summed E-state index contributed by atoms with van der Waals surface area (Å²) in [6, 6.07) is 6.85. The Bertz CT molecular complexity index is 488. The van der Waals surface area contributed by atoms with Gasteiger partial charge in [-0.1, -0.05) is 17.3 Å². The van der Waals surface area contributed by atoms with E-state index in [0.717, 1.165) is 5.71 Å². The van der Waals surface area contributed by atoms with Crippen LogP contribution in [-0.2, 0) is 4.84 Å². The van der Waals surface area contributed by atoms with Crippen LogP contribution >= 0.6 is 0 Å². The summed E-state index contributed by atoms with van der Waals surface area (Å²) in [5.41, 5.74) is 1.70. The fourth-order valence-electron chi connectivity index (χ4n) is 1.92. The van der Waals surface area contributed by atoms with Crippen LogP contribution in [0, 0.1) is 0 Å². The van der Waals surface area contributed by atoms with Gasteiger partial charge in [0.05, 0.1) is 16.8 Å². The first-order valence-electron chi connectivity index (χ1n) is 5.67. The molecule has 1 aliphatic heterocycles. The highest BCUT2D eigenvalue weighted by Crippen LogP contribution is 2.22. The van der Waals surface area contributed by atoms with Gasteiger partial charge in [-0.2, -0.15) is 0 Å². The minimum absolute atomic E-state index is 0.235. The van der Waals surface area contributed by atoms with Crippen LogP contribution in [0.4, 0.5) is 0 Å². The summed E-state index contributed by atoms with van der Waals surface area (Å²) in [6.45, 7) is 2.12. The third-order valence-electron chi connectivity index (χ3n) is 2.82. The molecule has 1 aromatic carbocycles. The van der Waals surface area contributed by atoms with E-state index in [1.165, 1.54) is 12.0 Å². The summed E-state index contributed by atoms with van der Waals surface area (Å²) < 4.78 is 0. The maximum absolute atomic E-state index is 12.0. The third-order valence-corrected chi connectivity index (χ3v) is 2.82. The average Bonchev–Trinajstić information content (AvgIpc) is 2.61. The molecule has 1 aromatic rings. The number of hydrogen-bond donors (Lipinski definition) is 0. The summed E-state index contributed by atoms with van der Waals surface area (Å²) in [5, 5.41) is 3.75. The number of rotatable bonds is 4. The van der Waals surface area contributed by atoms with Crippen LogP contribution in [0.3, 0.4) is 0 Å². The van der Waals surface area contributed by atoms with Crippen molar-refractivity contribution in [3.8, 4) is 0 Å². The van der Waals surface area contributed by atoms with Gasteiger partial charge < -0.3 is 4.84 Å². The number of amides is 2. The van der Waals surface area contributed by atoms with Gasteiger partial charge in [0.15, 0.2) is 0 Å². The zero-order valence-electron chi connectivity index (χ0n) is 10.3. The molecule has 0 unspecified atom stereocenters. The first kappa shape index (κ1) is 12.3. The largest absolute Gasteiger partial charge is 0.399 e. The normalized spacial score (nSPS) is 15.0. The molecular formula is C13H14N2O3. The van der Waals surface area contributed by atoms with Crippen molar-refractivity contribution in [3.05, 3.63) is 35.4 Å². The molecule has 0 fully saturated rings. The molecule has 0 saturated carbocycles. The molecule has 1 aliphatic rings. The molecule has 2 amide bonds. The fraction of sp³-hybridized carbons (Fsp3) is 0.308. The van der Waals surface area contributed by atoms with Crippen LogP contribution in [-0.4, -0.2) is 36.1 Å². The van der Waals surface area contributed by atoms with E-state index in [2.05, 4.69) is 9.99 Å². The molecule has 5 heteroatoms. The Hall–Kier alpha value is -2.17. The van der Waals surface area contributed by atoms with Gasteiger partial charge in [0.2, 0.25) is 0 Å². The summed E-state index contributed by atoms with van der Waals surface area (Å²) in [5.74, 6) is -0.471. The van der Waals surface area contributed by atoms with Gasteiger partial charge in [0.25, 0.3) is 11.8 Å². The zero-order valence-corrected chi connectivity index (χ0v) is 10.3. The molecule has 1 heterocycles. The average molecular weight is 246 g/mol. The van der Waals surface area contributed by atoms with E-state index in [0.29, 0.717) is 24.1 Å². The van der Waals surface area contributed by atoms with Gasteiger partial charge in [0, 0.05) is 13.0 Å². The zero-order chi connectivity index (χ0) is 13.1. The maximum atomic E-state index is 12.0. The number of benzene rings is 1. The summed E-state index contributed by atoms with van der Waals surface area (Å²) in [6.07, 6.45) is 0.513. The van der Waals surface area contributed by atoms with Crippen LogP contribution in [0.15, 0.2) is 29.4 Å². The molecule has 0 N–H and O–H groups in total. The Balaban J connectivity index is 2.12. The number of carbonyl (C=O) groups is 2. The number of carbonyl (C=O) groups excluding carboxylic acids is 2. The molecule has 18 heavy (non-hydrogen) atoms. The summed E-state index contributed by atoms with van der Waals surface area (Å²) in [7, 11) is 1.46. The Morgan fingerprint density at radius 1 is 1.22 bits per heavy atom. The van der Waals surface area contributed by atoms with E-state index in [1.54, 1.807) is 31.2 Å². The lowest BCUT2D eigenvalue weighted by molar-refractivity contribution is 0.0658. The monoisotopic (exact) mass is 246 g/mol. The minimum atomic E-state index is -0.235. The van der Waals surface area contributed by atoms with Crippen molar-refractivity contribution in [3.63, 3.8) is 0 Å². The van der Waals surface area contributed by atoms with E-state index < -0.39 is 0 Å². The molecule has 2 rings (SSSR count). The molecule has 94 valence electrons. The van der Waals surface area contributed by atoms with Crippen molar-refractivity contribution in [1.29, 1.82) is 0 Å². The van der Waals surface area contributed by atoms with Crippen LogP contribution in [0.25, 0.3) is 0 Å².